The highest BCUT2D eigenvalue weighted by molar-refractivity contribution is 5.86. The molecule has 1 amide bonds. The van der Waals surface area contributed by atoms with Crippen LogP contribution in [0.5, 0.6) is 0 Å². The monoisotopic (exact) mass is 353 g/mol. The first kappa shape index (κ1) is 15.5. The lowest BCUT2D eigenvalue weighted by atomic mass is 9.97. The molecule has 5 rings (SSSR count). The molecule has 0 aliphatic carbocycles. The Morgan fingerprint density at radius 2 is 2.12 bits per heavy atom. The van der Waals surface area contributed by atoms with E-state index < -0.39 is 0 Å². The molecule has 0 saturated carbocycles. The van der Waals surface area contributed by atoms with Gasteiger partial charge in [0.1, 0.15) is 18.3 Å². The predicted molar refractivity (Wildman–Crippen MR) is 91.3 cm³/mol. The molecule has 8 heteroatoms. The number of para-hydroxylation sites is 1. The van der Waals surface area contributed by atoms with Crippen molar-refractivity contribution >= 4 is 16.9 Å². The highest BCUT2D eigenvalue weighted by Gasteiger charge is 2.47. The standard InChI is InChI=1S/C18H19N5O3/c24-17(7-15-14-3-1-2-4-16(14)26-21-15)22-6-5-18(10-22)8-13(9-25-18)23-11-19-20-12-23/h1-4,11-13H,5-10H2. The van der Waals surface area contributed by atoms with Crippen LogP contribution >= 0.6 is 0 Å². The minimum absolute atomic E-state index is 0.0669. The summed E-state index contributed by atoms with van der Waals surface area (Å²) in [4.78, 5) is 14.7. The first-order chi connectivity index (χ1) is 12.7. The van der Waals surface area contributed by atoms with E-state index in [0.717, 1.165) is 18.2 Å². The van der Waals surface area contributed by atoms with E-state index >= 15 is 0 Å². The topological polar surface area (TPSA) is 86.3 Å². The number of aromatic nitrogens is 4. The van der Waals surface area contributed by atoms with Crippen LogP contribution in [0.15, 0.2) is 41.4 Å². The zero-order valence-corrected chi connectivity index (χ0v) is 14.2. The SMILES string of the molecule is O=C(Cc1noc2ccccc12)N1CCC2(CC(n3cnnc3)CO2)C1. The molecule has 2 fully saturated rings. The molecule has 2 atom stereocenters. The number of carbonyl (C=O) groups excluding carboxylic acids is 1. The molecule has 2 unspecified atom stereocenters. The summed E-state index contributed by atoms with van der Waals surface area (Å²) in [6, 6.07) is 7.85. The van der Waals surface area contributed by atoms with Crippen molar-refractivity contribution in [1.29, 1.82) is 0 Å². The Balaban J connectivity index is 1.27. The van der Waals surface area contributed by atoms with Gasteiger partial charge in [0.25, 0.3) is 0 Å². The summed E-state index contributed by atoms with van der Waals surface area (Å²) in [6.45, 7) is 1.97. The number of fused-ring (bicyclic) bond motifs is 1. The second-order valence-corrected chi connectivity index (χ2v) is 7.13. The van der Waals surface area contributed by atoms with Crippen LogP contribution in [-0.4, -0.2) is 56.0 Å². The summed E-state index contributed by atoms with van der Waals surface area (Å²) >= 11 is 0. The van der Waals surface area contributed by atoms with Gasteiger partial charge in [-0.2, -0.15) is 0 Å². The number of amides is 1. The van der Waals surface area contributed by atoms with E-state index in [-0.39, 0.29) is 24.0 Å². The van der Waals surface area contributed by atoms with Gasteiger partial charge in [0.05, 0.1) is 24.7 Å². The average Bonchev–Trinajstić information content (AvgIpc) is 3.43. The van der Waals surface area contributed by atoms with Gasteiger partial charge < -0.3 is 18.7 Å². The number of nitrogens with zero attached hydrogens (tertiary/aromatic N) is 5. The van der Waals surface area contributed by atoms with Gasteiger partial charge >= 0.3 is 0 Å². The second kappa shape index (κ2) is 5.91. The van der Waals surface area contributed by atoms with Crippen molar-refractivity contribution in [3.05, 3.63) is 42.6 Å². The zero-order valence-electron chi connectivity index (χ0n) is 14.2. The molecule has 8 nitrogen and oxygen atoms in total. The van der Waals surface area contributed by atoms with Gasteiger partial charge in [-0.1, -0.05) is 17.3 Å². The van der Waals surface area contributed by atoms with E-state index in [1.807, 2.05) is 33.7 Å². The molecule has 3 aromatic rings. The first-order valence-corrected chi connectivity index (χ1v) is 8.82. The van der Waals surface area contributed by atoms with Crippen LogP contribution in [0.3, 0.4) is 0 Å². The molecule has 2 saturated heterocycles. The van der Waals surface area contributed by atoms with E-state index in [4.69, 9.17) is 9.26 Å². The van der Waals surface area contributed by atoms with Crippen LogP contribution in [0.2, 0.25) is 0 Å². The Hall–Kier alpha value is -2.74. The number of rotatable bonds is 3. The largest absolute Gasteiger partial charge is 0.371 e. The molecular formula is C18H19N5O3. The Morgan fingerprint density at radius 3 is 3.00 bits per heavy atom. The summed E-state index contributed by atoms with van der Waals surface area (Å²) in [5.74, 6) is 0.0669. The highest BCUT2D eigenvalue weighted by atomic mass is 16.5. The Kier molecular flexibility index (Phi) is 3.53. The van der Waals surface area contributed by atoms with Crippen molar-refractivity contribution in [1.82, 2.24) is 24.8 Å². The third kappa shape index (κ3) is 2.57. The van der Waals surface area contributed by atoms with E-state index in [1.165, 1.54) is 0 Å². The molecular weight excluding hydrogens is 334 g/mol. The Bertz CT molecular complexity index is 937. The minimum atomic E-state index is -0.253. The summed E-state index contributed by atoms with van der Waals surface area (Å²) in [5, 5.41) is 12.7. The molecule has 2 aliphatic heterocycles. The lowest BCUT2D eigenvalue weighted by Gasteiger charge is -2.23. The number of benzene rings is 1. The second-order valence-electron chi connectivity index (χ2n) is 7.13. The maximum Gasteiger partial charge on any atom is 0.228 e. The molecule has 134 valence electrons. The fourth-order valence-corrected chi connectivity index (χ4v) is 4.07. The highest BCUT2D eigenvalue weighted by Crippen LogP contribution is 2.40. The average molecular weight is 353 g/mol. The number of ether oxygens (including phenoxy) is 1. The van der Waals surface area contributed by atoms with Crippen molar-refractivity contribution in [2.45, 2.75) is 30.9 Å². The van der Waals surface area contributed by atoms with Gasteiger partial charge in [0.15, 0.2) is 5.58 Å². The smallest absolute Gasteiger partial charge is 0.228 e. The van der Waals surface area contributed by atoms with Gasteiger partial charge in [-0.25, -0.2) is 0 Å². The molecule has 4 heterocycles. The van der Waals surface area contributed by atoms with Crippen LogP contribution in [0, 0.1) is 0 Å². The summed E-state index contributed by atoms with van der Waals surface area (Å²) in [5.41, 5.74) is 1.15. The fraction of sp³-hybridized carbons (Fsp3) is 0.444. The van der Waals surface area contributed by atoms with Crippen molar-refractivity contribution in [3.8, 4) is 0 Å². The number of carbonyl (C=O) groups is 1. The summed E-state index contributed by atoms with van der Waals surface area (Å²) in [6.07, 6.45) is 5.43. The molecule has 0 bridgehead atoms. The minimum Gasteiger partial charge on any atom is -0.371 e. The van der Waals surface area contributed by atoms with Crippen LogP contribution in [-0.2, 0) is 16.0 Å². The Labute approximate surface area is 149 Å². The molecule has 0 radical (unpaired) electrons. The molecule has 0 N–H and O–H groups in total. The fourth-order valence-electron chi connectivity index (χ4n) is 4.07. The number of likely N-dealkylation sites (tertiary alicyclic amines) is 1. The van der Waals surface area contributed by atoms with Gasteiger partial charge in [-0.15, -0.1) is 10.2 Å². The lowest BCUT2D eigenvalue weighted by Crippen LogP contribution is -2.36. The van der Waals surface area contributed by atoms with Gasteiger partial charge in [-0.05, 0) is 18.6 Å². The zero-order chi connectivity index (χ0) is 17.6. The van der Waals surface area contributed by atoms with Gasteiger partial charge in [-0.3, -0.25) is 4.79 Å². The molecule has 1 aromatic carbocycles. The maximum atomic E-state index is 12.8. The third-order valence-corrected chi connectivity index (χ3v) is 5.49. The van der Waals surface area contributed by atoms with E-state index in [9.17, 15) is 4.79 Å². The Morgan fingerprint density at radius 1 is 1.27 bits per heavy atom. The van der Waals surface area contributed by atoms with Crippen molar-refractivity contribution in [3.63, 3.8) is 0 Å². The molecule has 2 aromatic heterocycles. The van der Waals surface area contributed by atoms with E-state index in [2.05, 4.69) is 15.4 Å². The van der Waals surface area contributed by atoms with Crippen LogP contribution < -0.4 is 0 Å². The molecule has 2 aliphatic rings. The first-order valence-electron chi connectivity index (χ1n) is 8.82. The van der Waals surface area contributed by atoms with Gasteiger partial charge in [0, 0.05) is 24.9 Å². The van der Waals surface area contributed by atoms with Crippen LogP contribution in [0.1, 0.15) is 24.6 Å². The van der Waals surface area contributed by atoms with E-state index in [0.29, 0.717) is 31.0 Å². The number of hydrogen-bond donors (Lipinski definition) is 0. The van der Waals surface area contributed by atoms with Crippen molar-refractivity contribution < 1.29 is 14.1 Å². The quantitative estimate of drug-likeness (QED) is 0.711. The van der Waals surface area contributed by atoms with Crippen molar-refractivity contribution in [2.75, 3.05) is 19.7 Å². The molecule has 26 heavy (non-hydrogen) atoms. The third-order valence-electron chi connectivity index (χ3n) is 5.49. The van der Waals surface area contributed by atoms with Gasteiger partial charge in [0.2, 0.25) is 5.91 Å². The predicted octanol–water partition coefficient (Wildman–Crippen LogP) is 1.59. The number of hydrogen-bond acceptors (Lipinski definition) is 6. The summed E-state index contributed by atoms with van der Waals surface area (Å²) < 4.78 is 13.4. The summed E-state index contributed by atoms with van der Waals surface area (Å²) in [7, 11) is 0. The van der Waals surface area contributed by atoms with Crippen LogP contribution in [0.25, 0.3) is 11.0 Å². The lowest BCUT2D eigenvalue weighted by molar-refractivity contribution is -0.130. The van der Waals surface area contributed by atoms with E-state index in [1.54, 1.807) is 12.7 Å². The van der Waals surface area contributed by atoms with Crippen LogP contribution in [0.4, 0.5) is 0 Å². The molecule has 1 spiro atoms. The van der Waals surface area contributed by atoms with Crippen molar-refractivity contribution in [2.24, 2.45) is 0 Å². The normalized spacial score (nSPS) is 25.5. The maximum absolute atomic E-state index is 12.8.